The van der Waals surface area contributed by atoms with Crippen molar-refractivity contribution < 1.29 is 0 Å². The lowest BCUT2D eigenvalue weighted by molar-refractivity contribution is 0.630. The third-order valence-electron chi connectivity index (χ3n) is 12.0. The van der Waals surface area contributed by atoms with Crippen LogP contribution >= 0.6 is 0 Å². The number of benzene rings is 6. The fourth-order valence-electron chi connectivity index (χ4n) is 9.41. The van der Waals surface area contributed by atoms with Crippen molar-refractivity contribution in [2.24, 2.45) is 0 Å². The number of anilines is 3. The van der Waals surface area contributed by atoms with Crippen LogP contribution in [0, 0.1) is 20.8 Å². The zero-order chi connectivity index (χ0) is 37.9. The molecule has 0 radical (unpaired) electrons. The number of fused-ring (bicyclic) bond motifs is 8. The van der Waals surface area contributed by atoms with Crippen molar-refractivity contribution in [2.75, 3.05) is 4.90 Å². The highest BCUT2D eigenvalue weighted by Gasteiger charge is 2.38. The van der Waals surface area contributed by atoms with Gasteiger partial charge in [-0.1, -0.05) is 86.6 Å². The van der Waals surface area contributed by atoms with Crippen LogP contribution in [0.1, 0.15) is 42.1 Å². The second-order valence-electron chi connectivity index (χ2n) is 15.7. The zero-order valence-corrected chi connectivity index (χ0v) is 32.1. The van der Waals surface area contributed by atoms with E-state index >= 15 is 0 Å². The van der Waals surface area contributed by atoms with E-state index in [0.717, 1.165) is 51.3 Å². The van der Waals surface area contributed by atoms with E-state index in [0.29, 0.717) is 0 Å². The molecule has 0 N–H and O–H groups in total. The SMILES string of the molecule is Cc1cc(C)n(-c2ccc(N3c4ccc(-n5c6ccccc6c6ccccc65)cc4C(C)(C)c4cc(-n5c6ccccc6c6ccccc65)ccc43)c(C)n2)n1. The molecule has 6 nitrogen and oxygen atoms in total. The van der Waals surface area contributed by atoms with E-state index in [1.807, 2.05) is 11.6 Å². The van der Waals surface area contributed by atoms with E-state index in [-0.39, 0.29) is 5.41 Å². The molecular formula is C50H40N6. The Kier molecular flexibility index (Phi) is 6.84. The molecule has 11 rings (SSSR count). The molecule has 0 bridgehead atoms. The highest BCUT2D eigenvalue weighted by atomic mass is 15.3. The Morgan fingerprint density at radius 2 is 0.893 bits per heavy atom. The van der Waals surface area contributed by atoms with Crippen LogP contribution in [0.25, 0.3) is 60.8 Å². The Labute approximate surface area is 325 Å². The van der Waals surface area contributed by atoms with Gasteiger partial charge in [-0.2, -0.15) is 5.10 Å². The lowest BCUT2D eigenvalue weighted by Crippen LogP contribution is -2.31. The first-order chi connectivity index (χ1) is 27.3. The molecule has 56 heavy (non-hydrogen) atoms. The largest absolute Gasteiger partial charge is 0.309 e. The summed E-state index contributed by atoms with van der Waals surface area (Å²) in [6, 6.07) is 55.4. The fraction of sp³-hybridized carbons (Fsp3) is 0.120. The summed E-state index contributed by atoms with van der Waals surface area (Å²) < 4.78 is 6.78. The number of pyridine rings is 1. The molecule has 0 fully saturated rings. The summed E-state index contributed by atoms with van der Waals surface area (Å²) in [7, 11) is 0. The van der Waals surface area contributed by atoms with E-state index in [9.17, 15) is 0 Å². The lowest BCUT2D eigenvalue weighted by atomic mass is 9.73. The van der Waals surface area contributed by atoms with Gasteiger partial charge in [0, 0.05) is 44.0 Å². The zero-order valence-electron chi connectivity index (χ0n) is 32.1. The van der Waals surface area contributed by atoms with E-state index in [1.165, 1.54) is 54.7 Å². The van der Waals surface area contributed by atoms with Crippen LogP contribution in [0.15, 0.2) is 152 Å². The van der Waals surface area contributed by atoms with Crippen molar-refractivity contribution in [3.8, 4) is 17.2 Å². The minimum absolute atomic E-state index is 0.352. The number of aromatic nitrogens is 5. The average molecular weight is 725 g/mol. The Morgan fingerprint density at radius 1 is 0.464 bits per heavy atom. The van der Waals surface area contributed by atoms with Gasteiger partial charge in [0.15, 0.2) is 5.82 Å². The Bertz CT molecular complexity index is 2950. The maximum Gasteiger partial charge on any atom is 0.154 e. The van der Waals surface area contributed by atoms with Gasteiger partial charge in [-0.3, -0.25) is 0 Å². The molecule has 0 atom stereocenters. The maximum absolute atomic E-state index is 5.18. The van der Waals surface area contributed by atoms with Crippen molar-refractivity contribution in [1.82, 2.24) is 23.9 Å². The van der Waals surface area contributed by atoms with Gasteiger partial charge < -0.3 is 14.0 Å². The molecule has 0 spiro atoms. The molecule has 0 saturated heterocycles. The van der Waals surface area contributed by atoms with Gasteiger partial charge >= 0.3 is 0 Å². The van der Waals surface area contributed by atoms with E-state index in [2.05, 4.69) is 193 Å². The molecule has 0 unspecified atom stereocenters. The third-order valence-corrected chi connectivity index (χ3v) is 12.0. The highest BCUT2D eigenvalue weighted by Crippen LogP contribution is 2.54. The van der Waals surface area contributed by atoms with Crippen LogP contribution in [-0.2, 0) is 5.41 Å². The van der Waals surface area contributed by atoms with Crippen molar-refractivity contribution in [2.45, 2.75) is 40.0 Å². The summed E-state index contributed by atoms with van der Waals surface area (Å²) in [5.74, 6) is 0.818. The summed E-state index contributed by atoms with van der Waals surface area (Å²) in [4.78, 5) is 7.60. The number of rotatable bonds is 4. The molecule has 5 heterocycles. The van der Waals surface area contributed by atoms with Gasteiger partial charge in [0.1, 0.15) is 0 Å². The molecular weight excluding hydrogens is 685 g/mol. The van der Waals surface area contributed by atoms with E-state index in [1.54, 1.807) is 0 Å². The molecule has 6 aromatic carbocycles. The number of aryl methyl sites for hydroxylation is 3. The second-order valence-corrected chi connectivity index (χ2v) is 15.7. The Morgan fingerprint density at radius 3 is 1.30 bits per heavy atom. The van der Waals surface area contributed by atoms with Crippen LogP contribution in [0.5, 0.6) is 0 Å². The lowest BCUT2D eigenvalue weighted by Gasteiger charge is -2.43. The first kappa shape index (κ1) is 32.5. The van der Waals surface area contributed by atoms with Crippen LogP contribution < -0.4 is 4.90 Å². The first-order valence-electron chi connectivity index (χ1n) is 19.4. The molecule has 1 aliphatic rings. The maximum atomic E-state index is 5.18. The van der Waals surface area contributed by atoms with E-state index < -0.39 is 0 Å². The Balaban J connectivity index is 1.16. The molecule has 1 aliphatic heterocycles. The van der Waals surface area contributed by atoms with Crippen LogP contribution in [0.2, 0.25) is 0 Å². The smallest absolute Gasteiger partial charge is 0.154 e. The van der Waals surface area contributed by atoms with Gasteiger partial charge in [0.25, 0.3) is 0 Å². The number of hydrogen-bond donors (Lipinski definition) is 0. The minimum atomic E-state index is -0.352. The summed E-state index contributed by atoms with van der Waals surface area (Å²) in [5.41, 5.74) is 15.6. The number of nitrogens with zero attached hydrogens (tertiary/aromatic N) is 6. The van der Waals surface area contributed by atoms with Crippen molar-refractivity contribution in [1.29, 1.82) is 0 Å². The van der Waals surface area contributed by atoms with Gasteiger partial charge in [-0.25, -0.2) is 9.67 Å². The molecule has 4 aromatic heterocycles. The molecule has 270 valence electrons. The predicted octanol–water partition coefficient (Wildman–Crippen LogP) is 12.5. The van der Waals surface area contributed by atoms with Gasteiger partial charge in [0.2, 0.25) is 0 Å². The summed E-state index contributed by atoms with van der Waals surface area (Å²) in [5, 5.41) is 9.77. The summed E-state index contributed by atoms with van der Waals surface area (Å²) >= 11 is 0. The molecule has 6 heteroatoms. The third kappa shape index (κ3) is 4.56. The summed E-state index contributed by atoms with van der Waals surface area (Å²) in [6.07, 6.45) is 0. The van der Waals surface area contributed by atoms with Crippen LogP contribution in [0.3, 0.4) is 0 Å². The molecule has 0 amide bonds. The van der Waals surface area contributed by atoms with Crippen molar-refractivity contribution >= 4 is 60.7 Å². The monoisotopic (exact) mass is 724 g/mol. The van der Waals surface area contributed by atoms with Gasteiger partial charge in [-0.05, 0) is 111 Å². The predicted molar refractivity (Wildman–Crippen MR) is 231 cm³/mol. The number of hydrogen-bond acceptors (Lipinski definition) is 3. The highest BCUT2D eigenvalue weighted by molar-refractivity contribution is 6.10. The normalized spacial score (nSPS) is 13.6. The van der Waals surface area contributed by atoms with Crippen molar-refractivity contribution in [3.05, 3.63) is 180 Å². The Hall–Kier alpha value is -6.92. The second kappa shape index (κ2) is 11.8. The average Bonchev–Trinajstić information content (AvgIpc) is 3.86. The molecule has 0 aliphatic carbocycles. The van der Waals surface area contributed by atoms with Gasteiger partial charge in [-0.15, -0.1) is 0 Å². The van der Waals surface area contributed by atoms with Gasteiger partial charge in [0.05, 0.1) is 50.5 Å². The standard InChI is InChI=1S/C50H40N6/c1-31-28-32(2)56(52-31)49-27-26-42(33(3)51-49)55-47-24-22-34(53-43-18-10-6-14-36(43)37-15-7-11-19-44(37)53)29-40(47)50(4,5)41-30-35(23-25-48(41)55)54-45-20-12-8-16-38(45)39-17-9-13-21-46(39)54/h6-30H,1-5H3. The van der Waals surface area contributed by atoms with Crippen LogP contribution in [-0.4, -0.2) is 23.9 Å². The van der Waals surface area contributed by atoms with E-state index in [4.69, 9.17) is 10.1 Å². The minimum Gasteiger partial charge on any atom is -0.309 e. The first-order valence-corrected chi connectivity index (χ1v) is 19.4. The topological polar surface area (TPSA) is 43.8 Å². The molecule has 0 saturated carbocycles. The quantitative estimate of drug-likeness (QED) is 0.181. The van der Waals surface area contributed by atoms with Crippen molar-refractivity contribution in [3.63, 3.8) is 0 Å². The summed E-state index contributed by atoms with van der Waals surface area (Å²) in [6.45, 7) is 11.0. The van der Waals surface area contributed by atoms with Crippen LogP contribution in [0.4, 0.5) is 17.1 Å². The molecule has 10 aromatic rings. The fourth-order valence-corrected chi connectivity index (χ4v) is 9.41. The number of para-hydroxylation sites is 4.